The Labute approximate surface area is 101 Å². The van der Waals surface area contributed by atoms with Gasteiger partial charge in [0, 0.05) is 11.2 Å². The van der Waals surface area contributed by atoms with Crippen LogP contribution in [0.2, 0.25) is 0 Å². The largest absolute Gasteiger partial charge is 0.437 e. The van der Waals surface area contributed by atoms with Gasteiger partial charge in [-0.1, -0.05) is 25.6 Å². The molecule has 4 nitrogen and oxygen atoms in total. The predicted molar refractivity (Wildman–Crippen MR) is 67.0 cm³/mol. The van der Waals surface area contributed by atoms with Crippen LogP contribution in [-0.4, -0.2) is 16.6 Å². The maximum absolute atomic E-state index is 7.45. The van der Waals surface area contributed by atoms with Gasteiger partial charge in [0.25, 0.3) is 5.22 Å². The summed E-state index contributed by atoms with van der Waals surface area (Å²) in [4.78, 5) is 4.29. The van der Waals surface area contributed by atoms with Crippen LogP contribution in [0.15, 0.2) is 9.64 Å². The molecule has 0 atom stereocenters. The van der Waals surface area contributed by atoms with Gasteiger partial charge in [0.15, 0.2) is 0 Å². The highest BCUT2D eigenvalue weighted by atomic mass is 32.2. The lowest BCUT2D eigenvalue weighted by Gasteiger charge is -2.21. The molecule has 0 fully saturated rings. The molecule has 0 spiro atoms. The molecule has 1 aromatic rings. The number of amidine groups is 1. The first-order valence-electron chi connectivity index (χ1n) is 5.24. The van der Waals surface area contributed by atoms with Gasteiger partial charge >= 0.3 is 0 Å². The van der Waals surface area contributed by atoms with E-state index in [2.05, 4.69) is 4.98 Å². The number of nitrogens with zero attached hydrogens (tertiary/aromatic N) is 1. The van der Waals surface area contributed by atoms with Gasteiger partial charge in [-0.15, -0.1) is 0 Å². The van der Waals surface area contributed by atoms with Gasteiger partial charge in [-0.3, -0.25) is 5.41 Å². The van der Waals surface area contributed by atoms with Crippen LogP contribution in [-0.2, 0) is 0 Å². The third-order valence-electron chi connectivity index (χ3n) is 2.69. The summed E-state index contributed by atoms with van der Waals surface area (Å²) in [6.07, 6.45) is 0.841. The molecule has 1 heterocycles. The lowest BCUT2D eigenvalue weighted by atomic mass is 9.89. The molecule has 0 aromatic carbocycles. The van der Waals surface area contributed by atoms with Crippen LogP contribution in [0, 0.1) is 24.7 Å². The SMILES string of the molecule is Cc1nc(SCCC(C)(C)C(=N)N)oc1C. The van der Waals surface area contributed by atoms with Crippen molar-refractivity contribution in [2.24, 2.45) is 11.1 Å². The van der Waals surface area contributed by atoms with E-state index in [0.717, 1.165) is 23.6 Å². The van der Waals surface area contributed by atoms with E-state index in [-0.39, 0.29) is 11.3 Å². The topological polar surface area (TPSA) is 75.9 Å². The van der Waals surface area contributed by atoms with E-state index < -0.39 is 0 Å². The molecule has 0 radical (unpaired) electrons. The standard InChI is InChI=1S/C11H19N3OS/c1-7-8(2)15-10(14-7)16-6-5-11(3,4)9(12)13/h5-6H2,1-4H3,(H3,12,13). The number of aromatic nitrogens is 1. The number of hydrogen-bond donors (Lipinski definition) is 2. The van der Waals surface area contributed by atoms with Crippen molar-refractivity contribution in [3.63, 3.8) is 0 Å². The Bertz CT molecular complexity index is 365. The molecule has 1 aromatic heterocycles. The Morgan fingerprint density at radius 1 is 1.50 bits per heavy atom. The summed E-state index contributed by atoms with van der Waals surface area (Å²) < 4.78 is 5.46. The van der Waals surface area contributed by atoms with Crippen molar-refractivity contribution in [1.29, 1.82) is 5.41 Å². The van der Waals surface area contributed by atoms with Gasteiger partial charge in [-0.25, -0.2) is 4.98 Å². The maximum atomic E-state index is 7.45. The minimum absolute atomic E-state index is 0.230. The fourth-order valence-corrected chi connectivity index (χ4v) is 2.21. The van der Waals surface area contributed by atoms with Gasteiger partial charge in [0.2, 0.25) is 0 Å². The van der Waals surface area contributed by atoms with Gasteiger partial charge in [0.05, 0.1) is 11.5 Å². The molecule has 16 heavy (non-hydrogen) atoms. The number of rotatable bonds is 5. The van der Waals surface area contributed by atoms with Crippen molar-refractivity contribution >= 4 is 17.6 Å². The average molecular weight is 241 g/mol. The van der Waals surface area contributed by atoms with Gasteiger partial charge in [0.1, 0.15) is 5.76 Å². The van der Waals surface area contributed by atoms with E-state index in [1.54, 1.807) is 11.8 Å². The molecule has 90 valence electrons. The van der Waals surface area contributed by atoms with Crippen LogP contribution in [0.1, 0.15) is 31.7 Å². The Morgan fingerprint density at radius 2 is 2.12 bits per heavy atom. The first-order valence-corrected chi connectivity index (χ1v) is 6.23. The van der Waals surface area contributed by atoms with Crippen molar-refractivity contribution in [3.8, 4) is 0 Å². The fourth-order valence-electron chi connectivity index (χ4n) is 1.03. The number of thioether (sulfide) groups is 1. The fraction of sp³-hybridized carbons (Fsp3) is 0.636. The van der Waals surface area contributed by atoms with Gasteiger partial charge in [-0.2, -0.15) is 0 Å². The number of hydrogen-bond acceptors (Lipinski definition) is 4. The van der Waals surface area contributed by atoms with Crippen molar-refractivity contribution in [2.75, 3.05) is 5.75 Å². The maximum Gasteiger partial charge on any atom is 0.256 e. The molecule has 5 heteroatoms. The molecule has 0 unspecified atom stereocenters. The summed E-state index contributed by atoms with van der Waals surface area (Å²) in [5, 5.41) is 8.15. The van der Waals surface area contributed by atoms with Crippen molar-refractivity contribution < 1.29 is 4.42 Å². The normalized spacial score (nSPS) is 11.8. The number of aryl methyl sites for hydroxylation is 2. The smallest absolute Gasteiger partial charge is 0.256 e. The van der Waals surface area contributed by atoms with Crippen molar-refractivity contribution in [2.45, 2.75) is 39.3 Å². The second-order valence-corrected chi connectivity index (χ2v) is 5.56. The molecule has 0 saturated carbocycles. The van der Waals surface area contributed by atoms with E-state index in [0.29, 0.717) is 5.22 Å². The molecule has 0 bridgehead atoms. The number of nitrogens with two attached hydrogens (primary N) is 1. The molecule has 3 N–H and O–H groups in total. The zero-order valence-electron chi connectivity index (χ0n) is 10.3. The van der Waals surface area contributed by atoms with Crippen LogP contribution < -0.4 is 5.73 Å². The third kappa shape index (κ3) is 3.27. The first-order chi connectivity index (χ1) is 7.33. The molecule has 0 amide bonds. The van der Waals surface area contributed by atoms with Crippen LogP contribution >= 0.6 is 11.8 Å². The van der Waals surface area contributed by atoms with E-state index in [1.165, 1.54) is 0 Å². The number of nitrogens with one attached hydrogen (secondary N) is 1. The summed E-state index contributed by atoms with van der Waals surface area (Å²) in [6.45, 7) is 7.79. The Balaban J connectivity index is 2.44. The van der Waals surface area contributed by atoms with Crippen LogP contribution in [0.25, 0.3) is 0 Å². The Kier molecular flexibility index (Phi) is 4.02. The monoisotopic (exact) mass is 241 g/mol. The summed E-state index contributed by atoms with van der Waals surface area (Å²) in [5.41, 5.74) is 6.20. The van der Waals surface area contributed by atoms with E-state index in [9.17, 15) is 0 Å². The van der Waals surface area contributed by atoms with E-state index >= 15 is 0 Å². The molecular weight excluding hydrogens is 222 g/mol. The Hall–Kier alpha value is -0.970. The zero-order valence-corrected chi connectivity index (χ0v) is 11.1. The highest BCUT2D eigenvalue weighted by Crippen LogP contribution is 2.26. The summed E-state index contributed by atoms with van der Waals surface area (Å²) in [5.74, 6) is 1.95. The molecule has 0 aliphatic heterocycles. The van der Waals surface area contributed by atoms with Crippen molar-refractivity contribution in [1.82, 2.24) is 4.98 Å². The average Bonchev–Trinajstić information content (AvgIpc) is 2.45. The van der Waals surface area contributed by atoms with E-state index in [4.69, 9.17) is 15.6 Å². The lowest BCUT2D eigenvalue weighted by Crippen LogP contribution is -2.31. The quantitative estimate of drug-likeness (QED) is 0.472. The second-order valence-electron chi connectivity index (χ2n) is 4.52. The Morgan fingerprint density at radius 3 is 2.56 bits per heavy atom. The minimum Gasteiger partial charge on any atom is -0.437 e. The van der Waals surface area contributed by atoms with Gasteiger partial charge < -0.3 is 10.2 Å². The third-order valence-corrected chi connectivity index (χ3v) is 3.52. The van der Waals surface area contributed by atoms with Crippen molar-refractivity contribution in [3.05, 3.63) is 11.5 Å². The lowest BCUT2D eigenvalue weighted by molar-refractivity contribution is 0.429. The molecule has 0 aliphatic rings. The second kappa shape index (κ2) is 4.91. The molecular formula is C11H19N3OS. The number of oxazole rings is 1. The van der Waals surface area contributed by atoms with Crippen LogP contribution in [0.4, 0.5) is 0 Å². The summed E-state index contributed by atoms with van der Waals surface area (Å²) in [6, 6.07) is 0. The van der Waals surface area contributed by atoms with Crippen LogP contribution in [0.3, 0.4) is 0 Å². The zero-order chi connectivity index (χ0) is 12.3. The molecule has 0 saturated heterocycles. The highest BCUT2D eigenvalue weighted by molar-refractivity contribution is 7.99. The highest BCUT2D eigenvalue weighted by Gasteiger charge is 2.21. The molecule has 1 rings (SSSR count). The van der Waals surface area contributed by atoms with Gasteiger partial charge in [-0.05, 0) is 20.3 Å². The molecule has 0 aliphatic carbocycles. The minimum atomic E-state index is -0.246. The first kappa shape index (κ1) is 13.1. The van der Waals surface area contributed by atoms with E-state index in [1.807, 2.05) is 27.7 Å². The predicted octanol–water partition coefficient (Wildman–Crippen LogP) is 2.74. The summed E-state index contributed by atoms with van der Waals surface area (Å²) >= 11 is 1.57. The summed E-state index contributed by atoms with van der Waals surface area (Å²) in [7, 11) is 0. The van der Waals surface area contributed by atoms with Crippen LogP contribution in [0.5, 0.6) is 0 Å².